The molecule has 0 bridgehead atoms. The van der Waals surface area contributed by atoms with Gasteiger partial charge in [-0.25, -0.2) is 0 Å². The van der Waals surface area contributed by atoms with E-state index in [1.807, 2.05) is 6.21 Å². The standard InChI is InChI=1S/C8H12N2/c1-10-8-5-3-2-4-7(8)6-9-10/h2,4,6-8H,3,5H2,1H3/t7-,8+/m0/s1. The van der Waals surface area contributed by atoms with Crippen LogP contribution in [0.4, 0.5) is 0 Å². The van der Waals surface area contributed by atoms with Crippen LogP contribution in [-0.2, 0) is 0 Å². The molecular weight excluding hydrogens is 124 g/mol. The lowest BCUT2D eigenvalue weighted by atomic mass is 9.92. The number of hydrogen-bond donors (Lipinski definition) is 0. The lowest BCUT2D eigenvalue weighted by molar-refractivity contribution is 0.245. The largest absolute Gasteiger partial charge is 0.296 e. The first-order valence-electron chi connectivity index (χ1n) is 3.81. The predicted molar refractivity (Wildman–Crippen MR) is 41.9 cm³/mol. The molecule has 2 rings (SSSR count). The summed E-state index contributed by atoms with van der Waals surface area (Å²) in [7, 11) is 2.06. The van der Waals surface area contributed by atoms with Gasteiger partial charge in [0.1, 0.15) is 0 Å². The molecule has 0 aromatic carbocycles. The Balaban J connectivity index is 2.18. The van der Waals surface area contributed by atoms with Crippen molar-refractivity contribution in [1.29, 1.82) is 0 Å². The molecule has 2 aliphatic rings. The van der Waals surface area contributed by atoms with E-state index in [1.165, 1.54) is 12.8 Å². The van der Waals surface area contributed by atoms with Crippen molar-refractivity contribution < 1.29 is 0 Å². The first-order valence-corrected chi connectivity index (χ1v) is 3.81. The van der Waals surface area contributed by atoms with E-state index in [9.17, 15) is 0 Å². The van der Waals surface area contributed by atoms with Gasteiger partial charge in [-0.3, -0.25) is 5.01 Å². The Morgan fingerprint density at radius 2 is 2.50 bits per heavy atom. The van der Waals surface area contributed by atoms with Crippen LogP contribution in [0.2, 0.25) is 0 Å². The van der Waals surface area contributed by atoms with E-state index in [0.29, 0.717) is 12.0 Å². The lowest BCUT2D eigenvalue weighted by Crippen LogP contribution is -2.29. The number of allylic oxidation sites excluding steroid dienone is 1. The summed E-state index contributed by atoms with van der Waals surface area (Å²) in [5.41, 5.74) is 0. The molecule has 1 heterocycles. The van der Waals surface area contributed by atoms with Crippen LogP contribution in [0.15, 0.2) is 17.3 Å². The first-order chi connectivity index (χ1) is 4.88. The molecular formula is C8H12N2. The molecule has 0 amide bonds. The van der Waals surface area contributed by atoms with Gasteiger partial charge in [-0.1, -0.05) is 12.2 Å². The summed E-state index contributed by atoms with van der Waals surface area (Å²) in [5, 5.41) is 6.32. The van der Waals surface area contributed by atoms with Crippen molar-refractivity contribution in [1.82, 2.24) is 5.01 Å². The lowest BCUT2D eigenvalue weighted by Gasteiger charge is -2.24. The summed E-state index contributed by atoms with van der Waals surface area (Å²) in [6.07, 6.45) is 9.04. The Hall–Kier alpha value is -0.790. The second-order valence-corrected chi connectivity index (χ2v) is 2.99. The zero-order valence-electron chi connectivity index (χ0n) is 6.20. The van der Waals surface area contributed by atoms with E-state index < -0.39 is 0 Å². The van der Waals surface area contributed by atoms with Crippen LogP contribution in [0.3, 0.4) is 0 Å². The minimum Gasteiger partial charge on any atom is -0.296 e. The summed E-state index contributed by atoms with van der Waals surface area (Å²) in [5.74, 6) is 0.596. The molecule has 0 spiro atoms. The van der Waals surface area contributed by atoms with Gasteiger partial charge in [-0.05, 0) is 12.8 Å². The van der Waals surface area contributed by atoms with Crippen LogP contribution in [-0.4, -0.2) is 24.3 Å². The van der Waals surface area contributed by atoms with E-state index >= 15 is 0 Å². The molecule has 0 saturated heterocycles. The van der Waals surface area contributed by atoms with Crippen molar-refractivity contribution in [3.8, 4) is 0 Å². The topological polar surface area (TPSA) is 15.6 Å². The monoisotopic (exact) mass is 136 g/mol. The van der Waals surface area contributed by atoms with Gasteiger partial charge in [0.2, 0.25) is 0 Å². The van der Waals surface area contributed by atoms with Crippen molar-refractivity contribution in [3.05, 3.63) is 12.2 Å². The number of nitrogens with zero attached hydrogens (tertiary/aromatic N) is 2. The molecule has 0 aromatic rings. The highest BCUT2D eigenvalue weighted by atomic mass is 15.5. The van der Waals surface area contributed by atoms with Gasteiger partial charge in [-0.2, -0.15) is 5.10 Å². The fourth-order valence-corrected chi connectivity index (χ4v) is 1.69. The Morgan fingerprint density at radius 3 is 3.30 bits per heavy atom. The van der Waals surface area contributed by atoms with E-state index in [2.05, 4.69) is 29.3 Å². The van der Waals surface area contributed by atoms with Crippen molar-refractivity contribution >= 4 is 6.21 Å². The molecule has 1 aliphatic heterocycles. The van der Waals surface area contributed by atoms with Gasteiger partial charge in [-0.15, -0.1) is 0 Å². The van der Waals surface area contributed by atoms with Crippen molar-refractivity contribution in [2.45, 2.75) is 18.9 Å². The highest BCUT2D eigenvalue weighted by molar-refractivity contribution is 5.66. The number of hydrogen-bond acceptors (Lipinski definition) is 2. The molecule has 54 valence electrons. The van der Waals surface area contributed by atoms with Crippen LogP contribution in [0, 0.1) is 5.92 Å². The third-order valence-corrected chi connectivity index (χ3v) is 2.33. The summed E-state index contributed by atoms with van der Waals surface area (Å²) < 4.78 is 0. The van der Waals surface area contributed by atoms with Crippen LogP contribution in [0.5, 0.6) is 0 Å². The van der Waals surface area contributed by atoms with Crippen LogP contribution in [0.1, 0.15) is 12.8 Å². The molecule has 0 saturated carbocycles. The highest BCUT2D eigenvalue weighted by Crippen LogP contribution is 2.25. The number of fused-ring (bicyclic) bond motifs is 1. The highest BCUT2D eigenvalue weighted by Gasteiger charge is 2.27. The molecule has 0 fully saturated rings. The average molecular weight is 136 g/mol. The molecule has 10 heavy (non-hydrogen) atoms. The van der Waals surface area contributed by atoms with Crippen molar-refractivity contribution in [2.75, 3.05) is 7.05 Å². The van der Waals surface area contributed by atoms with E-state index in [1.54, 1.807) is 0 Å². The van der Waals surface area contributed by atoms with Crippen LogP contribution >= 0.6 is 0 Å². The minimum absolute atomic E-state index is 0.596. The molecule has 0 N–H and O–H groups in total. The quantitative estimate of drug-likeness (QED) is 0.458. The number of hydrazone groups is 1. The van der Waals surface area contributed by atoms with Crippen molar-refractivity contribution in [2.24, 2.45) is 11.0 Å². The van der Waals surface area contributed by atoms with Gasteiger partial charge >= 0.3 is 0 Å². The Bertz CT molecular complexity index is 184. The second-order valence-electron chi connectivity index (χ2n) is 2.99. The third-order valence-electron chi connectivity index (χ3n) is 2.33. The zero-order chi connectivity index (χ0) is 6.97. The van der Waals surface area contributed by atoms with Gasteiger partial charge < -0.3 is 0 Å². The Kier molecular flexibility index (Phi) is 1.26. The number of rotatable bonds is 0. The Morgan fingerprint density at radius 1 is 1.60 bits per heavy atom. The van der Waals surface area contributed by atoms with Gasteiger partial charge in [0.05, 0.1) is 6.04 Å². The van der Waals surface area contributed by atoms with E-state index in [-0.39, 0.29) is 0 Å². The summed E-state index contributed by atoms with van der Waals surface area (Å²) >= 11 is 0. The van der Waals surface area contributed by atoms with Crippen molar-refractivity contribution in [3.63, 3.8) is 0 Å². The summed E-state index contributed by atoms with van der Waals surface area (Å²) in [4.78, 5) is 0. The first kappa shape index (κ1) is 5.96. The summed E-state index contributed by atoms with van der Waals surface area (Å²) in [6, 6.07) is 0.657. The molecule has 0 radical (unpaired) electrons. The maximum atomic E-state index is 4.24. The zero-order valence-corrected chi connectivity index (χ0v) is 6.20. The predicted octanol–water partition coefficient (Wildman–Crippen LogP) is 1.25. The fourth-order valence-electron chi connectivity index (χ4n) is 1.69. The fraction of sp³-hybridized carbons (Fsp3) is 0.625. The Labute approximate surface area is 61.2 Å². The SMILES string of the molecule is CN1N=C[C@@H]2C=CCC[C@H]21. The molecule has 0 aromatic heterocycles. The smallest absolute Gasteiger partial charge is 0.0583 e. The molecule has 1 aliphatic carbocycles. The maximum Gasteiger partial charge on any atom is 0.0583 e. The third kappa shape index (κ3) is 0.753. The average Bonchev–Trinajstić information content (AvgIpc) is 2.34. The molecule has 2 nitrogen and oxygen atoms in total. The van der Waals surface area contributed by atoms with E-state index in [0.717, 1.165) is 0 Å². The molecule has 0 unspecified atom stereocenters. The molecule has 2 heteroatoms. The van der Waals surface area contributed by atoms with Gasteiger partial charge in [0.15, 0.2) is 0 Å². The van der Waals surface area contributed by atoms with Gasteiger partial charge in [0.25, 0.3) is 0 Å². The summed E-state index contributed by atoms with van der Waals surface area (Å²) in [6.45, 7) is 0. The van der Waals surface area contributed by atoms with Crippen LogP contribution in [0.25, 0.3) is 0 Å². The van der Waals surface area contributed by atoms with Crippen LogP contribution < -0.4 is 0 Å². The van der Waals surface area contributed by atoms with Gasteiger partial charge in [0, 0.05) is 19.2 Å². The second kappa shape index (κ2) is 2.11. The molecule has 2 atom stereocenters. The normalized spacial score (nSPS) is 36.7. The minimum atomic E-state index is 0.596. The van der Waals surface area contributed by atoms with E-state index in [4.69, 9.17) is 0 Å². The maximum absolute atomic E-state index is 4.24.